The van der Waals surface area contributed by atoms with Crippen LogP contribution < -0.4 is 14.8 Å². The van der Waals surface area contributed by atoms with Crippen LogP contribution in [0.25, 0.3) is 16.8 Å². The van der Waals surface area contributed by atoms with Crippen molar-refractivity contribution in [3.05, 3.63) is 66.1 Å². The fourth-order valence-corrected chi connectivity index (χ4v) is 4.36. The molecule has 2 aromatic heterocycles. The van der Waals surface area contributed by atoms with E-state index in [2.05, 4.69) is 50.9 Å². The van der Waals surface area contributed by atoms with Gasteiger partial charge in [0.15, 0.2) is 17.3 Å². The van der Waals surface area contributed by atoms with Gasteiger partial charge in [0.1, 0.15) is 5.65 Å². The molecule has 3 heterocycles. The first-order chi connectivity index (χ1) is 14.8. The lowest BCUT2D eigenvalue weighted by molar-refractivity contribution is 0.355. The molecule has 1 aliphatic rings. The second-order valence-corrected chi connectivity index (χ2v) is 7.60. The minimum absolute atomic E-state index is 0.650. The molecule has 0 aliphatic carbocycles. The molecule has 5 rings (SSSR count). The van der Waals surface area contributed by atoms with Crippen molar-refractivity contribution in [2.75, 3.05) is 19.5 Å². The summed E-state index contributed by atoms with van der Waals surface area (Å²) in [5.74, 6) is 2.48. The lowest BCUT2D eigenvalue weighted by Gasteiger charge is -2.12. The zero-order valence-electron chi connectivity index (χ0n) is 17.4. The largest absolute Gasteiger partial charge is 0.493 e. The van der Waals surface area contributed by atoms with E-state index >= 15 is 0 Å². The highest BCUT2D eigenvalue weighted by atomic mass is 16.5. The summed E-state index contributed by atoms with van der Waals surface area (Å²) in [7, 11) is 3.30. The maximum Gasteiger partial charge on any atom is 0.162 e. The molecule has 0 amide bonds. The lowest BCUT2D eigenvalue weighted by atomic mass is 10.0. The van der Waals surface area contributed by atoms with E-state index in [-0.39, 0.29) is 0 Å². The molecule has 0 radical (unpaired) electrons. The number of aryl methyl sites for hydroxylation is 2. The molecule has 30 heavy (non-hydrogen) atoms. The molecule has 0 bridgehead atoms. The van der Waals surface area contributed by atoms with Gasteiger partial charge < -0.3 is 19.4 Å². The molecule has 0 fully saturated rings. The number of rotatable bonds is 6. The summed E-state index contributed by atoms with van der Waals surface area (Å²) >= 11 is 0. The number of nitrogens with zero attached hydrogens (tertiary/aromatic N) is 3. The molecule has 2 aromatic carbocycles. The number of nitrogens with one attached hydrogen (secondary N) is 1. The zero-order valence-corrected chi connectivity index (χ0v) is 17.4. The van der Waals surface area contributed by atoms with E-state index in [0.29, 0.717) is 12.3 Å². The summed E-state index contributed by atoms with van der Waals surface area (Å²) in [5.41, 5.74) is 6.18. The molecule has 6 heteroatoms. The topological polar surface area (TPSA) is 52.7 Å². The van der Waals surface area contributed by atoms with Crippen LogP contribution in [0, 0.1) is 0 Å². The van der Waals surface area contributed by atoms with Crippen LogP contribution in [-0.2, 0) is 19.5 Å². The van der Waals surface area contributed by atoms with Gasteiger partial charge in [-0.1, -0.05) is 30.3 Å². The Labute approximate surface area is 176 Å². The van der Waals surface area contributed by atoms with E-state index in [4.69, 9.17) is 14.6 Å². The molecule has 1 aliphatic heterocycles. The van der Waals surface area contributed by atoms with Gasteiger partial charge in [0.25, 0.3) is 0 Å². The van der Waals surface area contributed by atoms with Gasteiger partial charge >= 0.3 is 0 Å². The van der Waals surface area contributed by atoms with Crippen molar-refractivity contribution in [2.24, 2.45) is 0 Å². The van der Waals surface area contributed by atoms with Crippen LogP contribution in [0.2, 0.25) is 0 Å². The first-order valence-corrected chi connectivity index (χ1v) is 10.4. The third kappa shape index (κ3) is 3.18. The average molecular weight is 402 g/mol. The number of hydrogen-bond acceptors (Lipinski definition) is 4. The summed E-state index contributed by atoms with van der Waals surface area (Å²) < 4.78 is 15.2. The molecule has 6 nitrogen and oxygen atoms in total. The first-order valence-electron chi connectivity index (χ1n) is 10.4. The van der Waals surface area contributed by atoms with Crippen molar-refractivity contribution in [1.82, 2.24) is 14.2 Å². The fraction of sp³-hybridized carbons (Fsp3) is 0.292. The molecule has 1 N–H and O–H groups in total. The quantitative estimate of drug-likeness (QED) is 0.505. The lowest BCUT2D eigenvalue weighted by Crippen LogP contribution is -2.09. The maximum atomic E-state index is 5.42. The molecule has 0 spiro atoms. The molecule has 0 saturated carbocycles. The van der Waals surface area contributed by atoms with Crippen LogP contribution in [0.3, 0.4) is 0 Å². The monoisotopic (exact) mass is 402 g/mol. The van der Waals surface area contributed by atoms with E-state index in [1.54, 1.807) is 14.2 Å². The minimum atomic E-state index is 0.650. The highest BCUT2D eigenvalue weighted by molar-refractivity contribution is 5.75. The Morgan fingerprint density at radius 3 is 2.63 bits per heavy atom. The second-order valence-electron chi connectivity index (χ2n) is 7.60. The highest BCUT2D eigenvalue weighted by Crippen LogP contribution is 2.33. The Balaban J connectivity index is 1.47. The van der Waals surface area contributed by atoms with E-state index < -0.39 is 0 Å². The third-order valence-electron chi connectivity index (χ3n) is 5.83. The number of anilines is 1. The van der Waals surface area contributed by atoms with Gasteiger partial charge in [-0.3, -0.25) is 0 Å². The summed E-state index contributed by atoms with van der Waals surface area (Å²) in [6, 6.07) is 16.5. The van der Waals surface area contributed by atoms with Crippen molar-refractivity contribution in [1.29, 1.82) is 0 Å². The van der Waals surface area contributed by atoms with Gasteiger partial charge in [-0.2, -0.15) is 5.10 Å². The number of methoxy groups -OCH3 is 2. The number of ether oxygens (including phenoxy) is 2. The van der Waals surface area contributed by atoms with Gasteiger partial charge in [-0.05, 0) is 37.0 Å². The molecular weight excluding hydrogens is 376 g/mol. The van der Waals surface area contributed by atoms with E-state index in [1.807, 2.05) is 18.2 Å². The van der Waals surface area contributed by atoms with Crippen molar-refractivity contribution >= 4 is 11.3 Å². The van der Waals surface area contributed by atoms with Gasteiger partial charge in [0.05, 0.1) is 20.8 Å². The minimum Gasteiger partial charge on any atom is -0.493 e. The van der Waals surface area contributed by atoms with Gasteiger partial charge in [-0.25, -0.2) is 4.52 Å². The van der Waals surface area contributed by atoms with Crippen molar-refractivity contribution < 1.29 is 9.47 Å². The Morgan fingerprint density at radius 2 is 1.83 bits per heavy atom. The van der Waals surface area contributed by atoms with Crippen LogP contribution >= 0.6 is 0 Å². The normalized spacial score (nSPS) is 13.3. The standard InChI is InChI=1S/C24H26N4O2/c1-29-21-12-11-18(14-22(21)30-2)25-15-23-26-28-16-20(17-8-4-3-5-9-17)19-10-6-7-13-27(23)24(19)28/h3-5,8-9,11-12,14,16,25H,6-7,10,13,15H2,1-2H3. The summed E-state index contributed by atoms with van der Waals surface area (Å²) in [6.07, 6.45) is 5.64. The van der Waals surface area contributed by atoms with Gasteiger partial charge in [0, 0.05) is 35.6 Å². The summed E-state index contributed by atoms with van der Waals surface area (Å²) in [6.45, 7) is 1.65. The fourth-order valence-electron chi connectivity index (χ4n) is 4.36. The molecule has 0 saturated heterocycles. The smallest absolute Gasteiger partial charge is 0.162 e. The van der Waals surface area contributed by atoms with Crippen LogP contribution in [0.4, 0.5) is 5.69 Å². The van der Waals surface area contributed by atoms with Gasteiger partial charge in [0.2, 0.25) is 0 Å². The SMILES string of the molecule is COc1ccc(NCc2nn3cc(-c4ccccc4)c4c3n2CCCC4)cc1OC. The van der Waals surface area contributed by atoms with Crippen LogP contribution in [0.15, 0.2) is 54.7 Å². The second kappa shape index (κ2) is 7.78. The van der Waals surface area contributed by atoms with Crippen molar-refractivity contribution in [3.63, 3.8) is 0 Å². The van der Waals surface area contributed by atoms with Crippen LogP contribution in [0.5, 0.6) is 11.5 Å². The Kier molecular flexibility index (Phi) is 4.83. The number of hydrogen-bond donors (Lipinski definition) is 1. The molecule has 0 unspecified atom stereocenters. The first kappa shape index (κ1) is 18.6. The van der Waals surface area contributed by atoms with Crippen molar-refractivity contribution in [2.45, 2.75) is 32.4 Å². The molecule has 154 valence electrons. The Morgan fingerprint density at radius 1 is 1.00 bits per heavy atom. The highest BCUT2D eigenvalue weighted by Gasteiger charge is 2.22. The Hall–Kier alpha value is -3.41. The Bertz CT molecular complexity index is 1180. The van der Waals surface area contributed by atoms with E-state index in [1.165, 1.54) is 28.8 Å². The van der Waals surface area contributed by atoms with Crippen LogP contribution in [0.1, 0.15) is 24.2 Å². The molecule has 0 atom stereocenters. The van der Waals surface area contributed by atoms with E-state index in [0.717, 1.165) is 36.6 Å². The number of aromatic nitrogens is 3. The average Bonchev–Trinajstić information content (AvgIpc) is 3.21. The van der Waals surface area contributed by atoms with Crippen LogP contribution in [-0.4, -0.2) is 28.4 Å². The summed E-state index contributed by atoms with van der Waals surface area (Å²) in [5, 5.41) is 8.42. The maximum absolute atomic E-state index is 5.42. The van der Waals surface area contributed by atoms with E-state index in [9.17, 15) is 0 Å². The summed E-state index contributed by atoms with van der Waals surface area (Å²) in [4.78, 5) is 0. The predicted molar refractivity (Wildman–Crippen MR) is 118 cm³/mol. The predicted octanol–water partition coefficient (Wildman–Crippen LogP) is 4.77. The molecular formula is C24H26N4O2. The van der Waals surface area contributed by atoms with Gasteiger partial charge in [-0.15, -0.1) is 0 Å². The van der Waals surface area contributed by atoms with Crippen molar-refractivity contribution in [3.8, 4) is 22.6 Å². The molecule has 4 aromatic rings. The third-order valence-corrected chi connectivity index (χ3v) is 5.83. The zero-order chi connectivity index (χ0) is 20.5. The number of benzene rings is 2.